The van der Waals surface area contributed by atoms with Crippen molar-refractivity contribution in [3.05, 3.63) is 60.2 Å². The lowest BCUT2D eigenvalue weighted by atomic mass is 9.91. The van der Waals surface area contributed by atoms with E-state index >= 15 is 0 Å². The molecule has 8 nitrogen and oxygen atoms in total. The van der Waals surface area contributed by atoms with Crippen LogP contribution in [0.3, 0.4) is 0 Å². The van der Waals surface area contributed by atoms with Crippen molar-refractivity contribution in [3.63, 3.8) is 0 Å². The number of benzene rings is 3. The number of nitrogens with zero attached hydrogens (tertiary/aromatic N) is 1. The first-order chi connectivity index (χ1) is 17.2. The fourth-order valence-electron chi connectivity index (χ4n) is 4.56. The number of nitrogens with one attached hydrogen (secondary N) is 2. The second-order valence-corrected chi connectivity index (χ2v) is 9.11. The van der Waals surface area contributed by atoms with E-state index in [1.165, 1.54) is 6.92 Å². The predicted octanol–water partition coefficient (Wildman–Crippen LogP) is 5.08. The molecule has 36 heavy (non-hydrogen) atoms. The van der Waals surface area contributed by atoms with Gasteiger partial charge in [-0.25, -0.2) is 0 Å². The van der Waals surface area contributed by atoms with E-state index in [0.29, 0.717) is 18.0 Å². The third-order valence-corrected chi connectivity index (χ3v) is 6.19. The number of carbonyl (C=O) groups is 2. The Morgan fingerprint density at radius 2 is 1.69 bits per heavy atom. The standard InChI is InChI=1S/C28H31N3O5/c1-17(32)36-18-11-12-20(25(15-18)35-6)19-13-14-23-26(31(4)27(33)28(2,3)30-23)21(19)16-29-22-9-7-8-10-24(22)34-5/h7-15,29-30H,16H2,1-6H3. The first-order valence-corrected chi connectivity index (χ1v) is 11.6. The highest BCUT2D eigenvalue weighted by Gasteiger charge is 2.38. The van der Waals surface area contributed by atoms with E-state index in [1.807, 2.05) is 56.3 Å². The Hall–Kier alpha value is -4.20. The van der Waals surface area contributed by atoms with Crippen LogP contribution in [0.15, 0.2) is 54.6 Å². The number of rotatable bonds is 7. The Balaban J connectivity index is 1.87. The molecular formula is C28H31N3O5. The van der Waals surface area contributed by atoms with E-state index in [9.17, 15) is 9.59 Å². The molecule has 0 bridgehead atoms. The van der Waals surface area contributed by atoms with Crippen LogP contribution < -0.4 is 29.7 Å². The van der Waals surface area contributed by atoms with Crippen molar-refractivity contribution in [1.29, 1.82) is 0 Å². The molecule has 188 valence electrons. The molecule has 0 radical (unpaired) electrons. The fourth-order valence-corrected chi connectivity index (χ4v) is 4.56. The van der Waals surface area contributed by atoms with Crippen molar-refractivity contribution < 1.29 is 23.8 Å². The zero-order valence-corrected chi connectivity index (χ0v) is 21.4. The quantitative estimate of drug-likeness (QED) is 0.354. The first kappa shape index (κ1) is 24.9. The van der Waals surface area contributed by atoms with E-state index in [-0.39, 0.29) is 5.91 Å². The van der Waals surface area contributed by atoms with Crippen LogP contribution in [0.25, 0.3) is 11.1 Å². The van der Waals surface area contributed by atoms with Crippen molar-refractivity contribution in [2.75, 3.05) is 36.8 Å². The number of fused-ring (bicyclic) bond motifs is 1. The summed E-state index contributed by atoms with van der Waals surface area (Å²) < 4.78 is 16.4. The van der Waals surface area contributed by atoms with Gasteiger partial charge in [0.1, 0.15) is 22.8 Å². The second kappa shape index (κ2) is 9.81. The third-order valence-electron chi connectivity index (χ3n) is 6.19. The smallest absolute Gasteiger partial charge is 0.308 e. The minimum Gasteiger partial charge on any atom is -0.496 e. The lowest BCUT2D eigenvalue weighted by Gasteiger charge is -2.40. The Kier molecular flexibility index (Phi) is 6.79. The molecule has 0 spiro atoms. The minimum absolute atomic E-state index is 0.0390. The van der Waals surface area contributed by atoms with Gasteiger partial charge in [-0.15, -0.1) is 0 Å². The Labute approximate surface area is 211 Å². The van der Waals surface area contributed by atoms with Gasteiger partial charge in [-0.05, 0) is 49.7 Å². The van der Waals surface area contributed by atoms with E-state index in [4.69, 9.17) is 14.2 Å². The van der Waals surface area contributed by atoms with E-state index in [0.717, 1.165) is 39.5 Å². The molecule has 4 rings (SSSR count). The summed E-state index contributed by atoms with van der Waals surface area (Å²) in [6.07, 6.45) is 0. The molecule has 0 saturated carbocycles. The van der Waals surface area contributed by atoms with Crippen molar-refractivity contribution in [3.8, 4) is 28.4 Å². The number of amides is 1. The number of likely N-dealkylation sites (N-methyl/N-ethyl adjacent to an activating group) is 1. The van der Waals surface area contributed by atoms with E-state index < -0.39 is 11.5 Å². The van der Waals surface area contributed by atoms with Crippen LogP contribution in [-0.4, -0.2) is 38.7 Å². The van der Waals surface area contributed by atoms with E-state index in [2.05, 4.69) is 10.6 Å². The molecule has 2 N–H and O–H groups in total. The molecule has 1 aliphatic heterocycles. The summed E-state index contributed by atoms with van der Waals surface area (Å²) >= 11 is 0. The van der Waals surface area contributed by atoms with Crippen LogP contribution in [0.2, 0.25) is 0 Å². The average Bonchev–Trinajstić information content (AvgIpc) is 2.85. The lowest BCUT2D eigenvalue weighted by Crippen LogP contribution is -2.52. The maximum Gasteiger partial charge on any atom is 0.308 e. The molecule has 0 aromatic heterocycles. The lowest BCUT2D eigenvalue weighted by molar-refractivity contribution is -0.131. The van der Waals surface area contributed by atoms with Gasteiger partial charge in [0, 0.05) is 37.7 Å². The number of anilines is 3. The number of hydrogen-bond acceptors (Lipinski definition) is 7. The molecule has 1 aliphatic rings. The molecule has 3 aromatic carbocycles. The number of para-hydroxylation sites is 2. The molecule has 0 atom stereocenters. The third kappa shape index (κ3) is 4.66. The summed E-state index contributed by atoms with van der Waals surface area (Å²) in [6, 6.07) is 16.9. The van der Waals surface area contributed by atoms with Gasteiger partial charge in [0.2, 0.25) is 0 Å². The molecule has 1 heterocycles. The Bertz CT molecular complexity index is 1320. The van der Waals surface area contributed by atoms with Crippen LogP contribution in [0.5, 0.6) is 17.2 Å². The zero-order valence-electron chi connectivity index (χ0n) is 21.4. The first-order valence-electron chi connectivity index (χ1n) is 11.6. The van der Waals surface area contributed by atoms with Gasteiger partial charge in [-0.1, -0.05) is 18.2 Å². The summed E-state index contributed by atoms with van der Waals surface area (Å²) in [5, 5.41) is 6.85. The van der Waals surface area contributed by atoms with Gasteiger partial charge < -0.3 is 29.7 Å². The topological polar surface area (TPSA) is 89.1 Å². The maximum atomic E-state index is 13.2. The van der Waals surface area contributed by atoms with Crippen molar-refractivity contribution >= 4 is 28.9 Å². The van der Waals surface area contributed by atoms with E-state index in [1.54, 1.807) is 38.3 Å². The highest BCUT2D eigenvalue weighted by atomic mass is 16.5. The normalized spacial score (nSPS) is 13.9. The molecule has 3 aromatic rings. The van der Waals surface area contributed by atoms with Crippen LogP contribution in [-0.2, 0) is 16.1 Å². The largest absolute Gasteiger partial charge is 0.496 e. The SMILES string of the molecule is COc1ccccc1NCc1c(-c2ccc(OC(C)=O)cc2OC)ccc2c1N(C)C(=O)C(C)(C)N2. The van der Waals surface area contributed by atoms with Gasteiger partial charge in [-0.3, -0.25) is 9.59 Å². The number of methoxy groups -OCH3 is 2. The van der Waals surface area contributed by atoms with Crippen LogP contribution in [0, 0.1) is 0 Å². The van der Waals surface area contributed by atoms with Crippen LogP contribution >= 0.6 is 0 Å². The van der Waals surface area contributed by atoms with Gasteiger partial charge in [0.05, 0.1) is 31.3 Å². The van der Waals surface area contributed by atoms with Gasteiger partial charge in [0.25, 0.3) is 5.91 Å². The molecule has 0 unspecified atom stereocenters. The summed E-state index contributed by atoms with van der Waals surface area (Å²) in [6.45, 7) is 5.50. The van der Waals surface area contributed by atoms with Gasteiger partial charge in [-0.2, -0.15) is 0 Å². The highest BCUT2D eigenvalue weighted by molar-refractivity contribution is 6.09. The van der Waals surface area contributed by atoms with Crippen molar-refractivity contribution in [2.45, 2.75) is 32.9 Å². The zero-order chi connectivity index (χ0) is 26.0. The summed E-state index contributed by atoms with van der Waals surface area (Å²) in [7, 11) is 4.99. The van der Waals surface area contributed by atoms with Crippen LogP contribution in [0.1, 0.15) is 26.3 Å². The summed E-state index contributed by atoms with van der Waals surface area (Å²) in [5.74, 6) is 1.21. The molecule has 8 heteroatoms. The highest BCUT2D eigenvalue weighted by Crippen LogP contribution is 2.45. The molecule has 1 amide bonds. The predicted molar refractivity (Wildman–Crippen MR) is 141 cm³/mol. The minimum atomic E-state index is -0.736. The molecule has 0 aliphatic carbocycles. The molecule has 0 saturated heterocycles. The second-order valence-electron chi connectivity index (χ2n) is 9.11. The number of esters is 1. The maximum absolute atomic E-state index is 13.2. The van der Waals surface area contributed by atoms with Gasteiger partial charge >= 0.3 is 5.97 Å². The van der Waals surface area contributed by atoms with Crippen LogP contribution in [0.4, 0.5) is 17.1 Å². The number of carbonyl (C=O) groups excluding carboxylic acids is 2. The molecular weight excluding hydrogens is 458 g/mol. The molecule has 0 fully saturated rings. The Morgan fingerprint density at radius 3 is 2.39 bits per heavy atom. The summed E-state index contributed by atoms with van der Waals surface area (Å²) in [4.78, 5) is 26.4. The fraction of sp³-hybridized carbons (Fsp3) is 0.286. The number of ether oxygens (including phenoxy) is 3. The average molecular weight is 490 g/mol. The number of hydrogen-bond donors (Lipinski definition) is 2. The summed E-state index contributed by atoms with van der Waals surface area (Å²) in [5.41, 5.74) is 4.32. The van der Waals surface area contributed by atoms with Gasteiger partial charge in [0.15, 0.2) is 0 Å². The monoisotopic (exact) mass is 489 g/mol. The van der Waals surface area contributed by atoms with Crippen molar-refractivity contribution in [2.24, 2.45) is 0 Å². The Morgan fingerprint density at radius 1 is 1.00 bits per heavy atom. The van der Waals surface area contributed by atoms with Crippen molar-refractivity contribution in [1.82, 2.24) is 0 Å².